The molecule has 88 valence electrons. The van der Waals surface area contributed by atoms with Crippen molar-refractivity contribution in [2.45, 2.75) is 38.1 Å². The van der Waals surface area contributed by atoms with E-state index in [0.29, 0.717) is 6.42 Å². The number of nitrogens with two attached hydrogens (primary N) is 2. The highest BCUT2D eigenvalue weighted by molar-refractivity contribution is 5.99. The fourth-order valence-corrected chi connectivity index (χ4v) is 1.35. The summed E-state index contributed by atoms with van der Waals surface area (Å²) in [5.41, 5.74) is 7.58. The Morgan fingerprint density at radius 3 is 2.88 bits per heavy atom. The van der Waals surface area contributed by atoms with Crippen LogP contribution >= 0.6 is 0 Å². The van der Waals surface area contributed by atoms with Gasteiger partial charge in [0, 0.05) is 5.57 Å². The van der Waals surface area contributed by atoms with E-state index < -0.39 is 12.0 Å². The summed E-state index contributed by atoms with van der Waals surface area (Å²) in [5.74, 6) is -0.928. The minimum absolute atomic E-state index is 0.518. The molecule has 16 heavy (non-hydrogen) atoms. The Bertz CT molecular complexity index is 332. The average molecular weight is 223 g/mol. The zero-order valence-corrected chi connectivity index (χ0v) is 9.36. The lowest BCUT2D eigenvalue weighted by Crippen LogP contribution is -2.38. The SMILES string of the molecule is NC(CCC/C=C/CC(=[NH2+])C1=CC1)C(=O)O. The van der Waals surface area contributed by atoms with Crippen molar-refractivity contribution < 1.29 is 15.3 Å². The molecule has 4 heteroatoms. The summed E-state index contributed by atoms with van der Waals surface area (Å²) in [6.07, 6.45) is 10.2. The maximum atomic E-state index is 10.4. The van der Waals surface area contributed by atoms with Crippen molar-refractivity contribution in [1.82, 2.24) is 0 Å². The van der Waals surface area contributed by atoms with E-state index in [1.165, 1.54) is 5.57 Å². The van der Waals surface area contributed by atoms with Crippen LogP contribution < -0.4 is 11.1 Å². The number of hydrogen-bond acceptors (Lipinski definition) is 2. The number of carboxylic acids is 1. The van der Waals surface area contributed by atoms with Crippen molar-refractivity contribution in [1.29, 1.82) is 0 Å². The molecular weight excluding hydrogens is 204 g/mol. The van der Waals surface area contributed by atoms with E-state index in [1.54, 1.807) is 0 Å². The minimum Gasteiger partial charge on any atom is -0.480 e. The number of aliphatic carboxylic acids is 1. The second kappa shape index (κ2) is 6.23. The molecule has 1 rings (SSSR count). The molecule has 0 saturated heterocycles. The molecule has 1 unspecified atom stereocenters. The molecule has 0 aliphatic heterocycles. The van der Waals surface area contributed by atoms with Crippen molar-refractivity contribution in [3.8, 4) is 0 Å². The number of unbranched alkanes of at least 4 members (excludes halogenated alkanes) is 1. The Hall–Kier alpha value is -1.42. The molecule has 0 amide bonds. The van der Waals surface area contributed by atoms with Crippen molar-refractivity contribution in [3.05, 3.63) is 23.8 Å². The largest absolute Gasteiger partial charge is 0.480 e. The quantitative estimate of drug-likeness (QED) is 0.308. The zero-order valence-electron chi connectivity index (χ0n) is 9.36. The lowest BCUT2D eigenvalue weighted by atomic mass is 10.1. The second-order valence-corrected chi connectivity index (χ2v) is 4.01. The fraction of sp³-hybridized carbons (Fsp3) is 0.500. The highest BCUT2D eigenvalue weighted by Crippen LogP contribution is 2.19. The van der Waals surface area contributed by atoms with Crippen LogP contribution in [0.3, 0.4) is 0 Å². The van der Waals surface area contributed by atoms with Crippen molar-refractivity contribution in [2.24, 2.45) is 5.73 Å². The zero-order chi connectivity index (χ0) is 12.0. The molecule has 0 radical (unpaired) electrons. The Labute approximate surface area is 95.3 Å². The Kier molecular flexibility index (Phi) is 4.92. The third kappa shape index (κ3) is 4.89. The molecule has 4 nitrogen and oxygen atoms in total. The van der Waals surface area contributed by atoms with Crippen LogP contribution in [0.15, 0.2) is 23.8 Å². The maximum Gasteiger partial charge on any atom is 0.320 e. The Morgan fingerprint density at radius 1 is 1.62 bits per heavy atom. The lowest BCUT2D eigenvalue weighted by Gasteiger charge is -2.03. The van der Waals surface area contributed by atoms with Crippen molar-refractivity contribution in [3.63, 3.8) is 0 Å². The van der Waals surface area contributed by atoms with Gasteiger partial charge in [0.15, 0.2) is 5.71 Å². The van der Waals surface area contributed by atoms with Gasteiger partial charge < -0.3 is 10.8 Å². The Balaban J connectivity index is 2.02. The number of rotatable bonds is 8. The van der Waals surface area contributed by atoms with E-state index in [1.807, 2.05) is 12.2 Å². The van der Waals surface area contributed by atoms with Crippen LogP contribution in [0, 0.1) is 0 Å². The third-order valence-electron chi connectivity index (χ3n) is 2.53. The first-order chi connectivity index (χ1) is 7.61. The van der Waals surface area contributed by atoms with Crippen LogP contribution in [0.1, 0.15) is 32.1 Å². The second-order valence-electron chi connectivity index (χ2n) is 4.01. The average Bonchev–Trinajstić information content (AvgIpc) is 3.05. The summed E-state index contributed by atoms with van der Waals surface area (Å²) < 4.78 is 0. The monoisotopic (exact) mass is 223 g/mol. The van der Waals surface area contributed by atoms with Crippen LogP contribution in [0.5, 0.6) is 0 Å². The summed E-state index contributed by atoms with van der Waals surface area (Å²) in [6.45, 7) is 0. The first kappa shape index (κ1) is 12.6. The van der Waals surface area contributed by atoms with Gasteiger partial charge in [0.2, 0.25) is 0 Å². The van der Waals surface area contributed by atoms with Gasteiger partial charge in [-0.15, -0.1) is 0 Å². The van der Waals surface area contributed by atoms with Crippen LogP contribution in [0.2, 0.25) is 0 Å². The van der Waals surface area contributed by atoms with Gasteiger partial charge >= 0.3 is 5.97 Å². The molecule has 0 spiro atoms. The summed E-state index contributed by atoms with van der Waals surface area (Å²) in [4.78, 5) is 10.4. The fourth-order valence-electron chi connectivity index (χ4n) is 1.35. The van der Waals surface area contributed by atoms with Gasteiger partial charge in [-0.05, 0) is 25.7 Å². The summed E-state index contributed by atoms with van der Waals surface area (Å²) in [7, 11) is 0. The van der Waals surface area contributed by atoms with E-state index in [0.717, 1.165) is 31.4 Å². The Morgan fingerprint density at radius 2 is 2.31 bits per heavy atom. The van der Waals surface area contributed by atoms with Crippen molar-refractivity contribution in [2.75, 3.05) is 0 Å². The van der Waals surface area contributed by atoms with Gasteiger partial charge in [-0.2, -0.15) is 0 Å². The first-order valence-corrected chi connectivity index (χ1v) is 5.55. The number of carbonyl (C=O) groups is 1. The molecular formula is C12H19N2O2+. The molecule has 1 aliphatic rings. The molecule has 0 saturated carbocycles. The molecule has 0 bridgehead atoms. The molecule has 5 N–H and O–H groups in total. The van der Waals surface area contributed by atoms with E-state index >= 15 is 0 Å². The molecule has 0 heterocycles. The summed E-state index contributed by atoms with van der Waals surface area (Å²) in [5, 5.41) is 14.3. The molecule has 0 fully saturated rings. The highest BCUT2D eigenvalue weighted by Gasteiger charge is 2.16. The number of carboxylic acid groups (broad SMARTS) is 1. The molecule has 0 aromatic heterocycles. The van der Waals surface area contributed by atoms with Gasteiger partial charge in [-0.3, -0.25) is 10.2 Å². The molecule has 0 aromatic rings. The van der Waals surface area contributed by atoms with Crippen LogP contribution in [-0.4, -0.2) is 22.8 Å². The lowest BCUT2D eigenvalue weighted by molar-refractivity contribution is -0.138. The minimum atomic E-state index is -0.928. The van der Waals surface area contributed by atoms with Crippen LogP contribution in [0.4, 0.5) is 0 Å². The van der Waals surface area contributed by atoms with Crippen LogP contribution in [-0.2, 0) is 4.79 Å². The van der Waals surface area contributed by atoms with Crippen molar-refractivity contribution >= 4 is 11.7 Å². The molecule has 0 aromatic carbocycles. The predicted molar refractivity (Wildman–Crippen MR) is 62.9 cm³/mol. The van der Waals surface area contributed by atoms with Gasteiger partial charge in [-0.1, -0.05) is 18.2 Å². The maximum absolute atomic E-state index is 10.4. The van der Waals surface area contributed by atoms with Crippen LogP contribution in [0.25, 0.3) is 0 Å². The van der Waals surface area contributed by atoms with Gasteiger partial charge in [0.1, 0.15) is 6.04 Å². The standard InChI is InChI=1S/C12H18N2O2/c13-10(9-7-8-9)5-3-1-2-4-6-11(14)12(15)16/h1,3,7,11,13H,2,4-6,8,14H2,(H,15,16)/p+1/b3-1+,13-10?. The van der Waals surface area contributed by atoms with Gasteiger partial charge in [-0.25, -0.2) is 0 Å². The van der Waals surface area contributed by atoms with E-state index in [4.69, 9.17) is 16.2 Å². The van der Waals surface area contributed by atoms with Gasteiger partial charge in [0.25, 0.3) is 0 Å². The number of allylic oxidation sites excluding steroid dienone is 4. The number of hydrogen-bond donors (Lipinski definition) is 3. The van der Waals surface area contributed by atoms with E-state index in [2.05, 4.69) is 6.08 Å². The third-order valence-corrected chi connectivity index (χ3v) is 2.53. The van der Waals surface area contributed by atoms with E-state index in [9.17, 15) is 4.79 Å². The summed E-state index contributed by atoms with van der Waals surface area (Å²) in [6, 6.07) is -0.735. The van der Waals surface area contributed by atoms with Gasteiger partial charge in [0.05, 0.1) is 6.42 Å². The summed E-state index contributed by atoms with van der Waals surface area (Å²) >= 11 is 0. The first-order valence-electron chi connectivity index (χ1n) is 5.55. The topological polar surface area (TPSA) is 88.9 Å². The molecule has 1 atom stereocenters. The smallest absolute Gasteiger partial charge is 0.320 e. The predicted octanol–water partition coefficient (Wildman–Crippen LogP) is 0.0451. The highest BCUT2D eigenvalue weighted by atomic mass is 16.4. The molecule has 1 aliphatic carbocycles. The van der Waals surface area contributed by atoms with E-state index in [-0.39, 0.29) is 0 Å². The normalized spacial score (nSPS) is 15.9.